The van der Waals surface area contributed by atoms with Gasteiger partial charge < -0.3 is 15.1 Å². The van der Waals surface area contributed by atoms with Gasteiger partial charge in [-0.3, -0.25) is 0 Å². The van der Waals surface area contributed by atoms with Crippen LogP contribution in [0.4, 0.5) is 17.3 Å². The van der Waals surface area contributed by atoms with Gasteiger partial charge in [0.2, 0.25) is 0 Å². The van der Waals surface area contributed by atoms with Crippen LogP contribution in [0.2, 0.25) is 0 Å². The molecule has 0 spiro atoms. The highest BCUT2D eigenvalue weighted by Crippen LogP contribution is 2.22. The lowest BCUT2D eigenvalue weighted by Crippen LogP contribution is -2.44. The Labute approximate surface area is 138 Å². The zero-order valence-corrected chi connectivity index (χ0v) is 14.4. The van der Waals surface area contributed by atoms with Gasteiger partial charge in [0.15, 0.2) is 0 Å². The van der Waals surface area contributed by atoms with Gasteiger partial charge in [-0.15, -0.1) is 0 Å². The summed E-state index contributed by atoms with van der Waals surface area (Å²) in [6.07, 6.45) is 0. The van der Waals surface area contributed by atoms with E-state index in [0.717, 1.165) is 49.3 Å². The van der Waals surface area contributed by atoms with Crippen molar-refractivity contribution in [3.63, 3.8) is 0 Å². The maximum atomic E-state index is 4.62. The Kier molecular flexibility index (Phi) is 4.48. The van der Waals surface area contributed by atoms with Gasteiger partial charge in [0, 0.05) is 37.9 Å². The first-order valence-electron chi connectivity index (χ1n) is 8.14. The van der Waals surface area contributed by atoms with Gasteiger partial charge in [0.1, 0.15) is 17.5 Å². The summed E-state index contributed by atoms with van der Waals surface area (Å²) in [6, 6.07) is 8.50. The molecule has 122 valence electrons. The first-order chi connectivity index (χ1) is 11.0. The Balaban J connectivity index is 1.82. The highest BCUT2D eigenvalue weighted by Gasteiger charge is 2.16. The number of likely N-dealkylation sites (N-methyl/N-ethyl adjacent to an activating group) is 1. The lowest BCUT2D eigenvalue weighted by molar-refractivity contribution is 0.312. The van der Waals surface area contributed by atoms with E-state index < -0.39 is 0 Å². The first-order valence-corrected chi connectivity index (χ1v) is 8.14. The molecule has 0 atom stereocenters. The molecule has 1 saturated heterocycles. The largest absolute Gasteiger partial charge is 0.354 e. The molecule has 5 heteroatoms. The Morgan fingerprint density at radius 2 is 1.52 bits per heavy atom. The summed E-state index contributed by atoms with van der Waals surface area (Å²) in [5.41, 5.74) is 3.57. The van der Waals surface area contributed by atoms with Crippen LogP contribution in [0, 0.1) is 20.8 Å². The van der Waals surface area contributed by atoms with Crippen molar-refractivity contribution >= 4 is 17.3 Å². The van der Waals surface area contributed by atoms with Crippen LogP contribution in [0.1, 0.15) is 17.0 Å². The summed E-state index contributed by atoms with van der Waals surface area (Å²) >= 11 is 0. The van der Waals surface area contributed by atoms with Gasteiger partial charge in [0.05, 0.1) is 0 Å². The molecule has 1 fully saturated rings. The fourth-order valence-electron chi connectivity index (χ4n) is 3.01. The van der Waals surface area contributed by atoms with E-state index in [0.29, 0.717) is 0 Å². The Hall–Kier alpha value is -2.14. The zero-order valence-electron chi connectivity index (χ0n) is 14.4. The summed E-state index contributed by atoms with van der Waals surface area (Å²) < 4.78 is 0. The van der Waals surface area contributed by atoms with Gasteiger partial charge in [-0.2, -0.15) is 0 Å². The standard InChI is InChI=1S/C18H25N5/c1-13-9-14(2)11-16(10-13)21-17-12-18(20-15(3)19-17)23-7-5-22(4)6-8-23/h9-12H,5-8H2,1-4H3,(H,19,20,21). The predicted molar refractivity (Wildman–Crippen MR) is 95.7 cm³/mol. The molecule has 1 aliphatic heterocycles. The van der Waals surface area contributed by atoms with Crippen LogP contribution in [0.5, 0.6) is 0 Å². The van der Waals surface area contributed by atoms with Crippen LogP contribution in [-0.2, 0) is 0 Å². The molecule has 23 heavy (non-hydrogen) atoms. The molecule has 1 aromatic heterocycles. The van der Waals surface area contributed by atoms with Crippen molar-refractivity contribution in [2.24, 2.45) is 0 Å². The third-order valence-corrected chi connectivity index (χ3v) is 4.15. The lowest BCUT2D eigenvalue weighted by atomic mass is 10.1. The molecule has 0 aliphatic carbocycles. The summed E-state index contributed by atoms with van der Waals surface area (Å²) in [5, 5.41) is 3.43. The monoisotopic (exact) mass is 311 g/mol. The van der Waals surface area contributed by atoms with Crippen molar-refractivity contribution < 1.29 is 0 Å². The van der Waals surface area contributed by atoms with E-state index in [1.807, 2.05) is 6.92 Å². The van der Waals surface area contributed by atoms with Crippen LogP contribution in [0.3, 0.4) is 0 Å². The molecule has 5 nitrogen and oxygen atoms in total. The quantitative estimate of drug-likeness (QED) is 0.944. The molecule has 1 N–H and O–H groups in total. The van der Waals surface area contributed by atoms with Crippen molar-refractivity contribution in [1.29, 1.82) is 0 Å². The maximum absolute atomic E-state index is 4.62. The van der Waals surface area contributed by atoms with E-state index in [1.54, 1.807) is 0 Å². The molecular formula is C18H25N5. The minimum absolute atomic E-state index is 0.799. The summed E-state index contributed by atoms with van der Waals surface area (Å²) in [4.78, 5) is 13.8. The maximum Gasteiger partial charge on any atom is 0.136 e. The topological polar surface area (TPSA) is 44.3 Å². The summed E-state index contributed by atoms with van der Waals surface area (Å²) in [6.45, 7) is 10.3. The average molecular weight is 311 g/mol. The fraction of sp³-hybridized carbons (Fsp3) is 0.444. The molecular weight excluding hydrogens is 286 g/mol. The van der Waals surface area contributed by atoms with Crippen molar-refractivity contribution in [2.45, 2.75) is 20.8 Å². The highest BCUT2D eigenvalue weighted by atomic mass is 15.3. The van der Waals surface area contributed by atoms with E-state index in [4.69, 9.17) is 0 Å². The SMILES string of the molecule is Cc1cc(C)cc(Nc2cc(N3CCN(C)CC3)nc(C)n2)c1. The predicted octanol–water partition coefficient (Wildman–Crippen LogP) is 2.90. The highest BCUT2D eigenvalue weighted by molar-refractivity contribution is 5.61. The minimum atomic E-state index is 0.799. The molecule has 0 amide bonds. The number of benzene rings is 1. The zero-order chi connectivity index (χ0) is 16.4. The van der Waals surface area contributed by atoms with E-state index in [2.05, 4.69) is 70.2 Å². The number of nitrogens with zero attached hydrogens (tertiary/aromatic N) is 4. The number of piperazine rings is 1. The average Bonchev–Trinajstić information content (AvgIpc) is 2.46. The second-order valence-electron chi connectivity index (χ2n) is 6.45. The van der Waals surface area contributed by atoms with Gasteiger partial charge in [0.25, 0.3) is 0 Å². The molecule has 2 heterocycles. The Morgan fingerprint density at radius 1 is 0.870 bits per heavy atom. The van der Waals surface area contributed by atoms with Gasteiger partial charge in [-0.05, 0) is 51.1 Å². The number of anilines is 3. The van der Waals surface area contributed by atoms with Crippen LogP contribution < -0.4 is 10.2 Å². The Bertz CT molecular complexity index is 670. The molecule has 2 aromatic rings. The summed E-state index contributed by atoms with van der Waals surface area (Å²) in [7, 11) is 2.16. The number of aromatic nitrogens is 2. The molecule has 3 rings (SSSR count). The van der Waals surface area contributed by atoms with Crippen molar-refractivity contribution in [2.75, 3.05) is 43.4 Å². The number of nitrogens with one attached hydrogen (secondary N) is 1. The normalized spacial score (nSPS) is 15.7. The molecule has 0 bridgehead atoms. The van der Waals surface area contributed by atoms with Crippen LogP contribution in [0.25, 0.3) is 0 Å². The van der Waals surface area contributed by atoms with E-state index >= 15 is 0 Å². The second kappa shape index (κ2) is 6.54. The number of aryl methyl sites for hydroxylation is 3. The van der Waals surface area contributed by atoms with E-state index in [9.17, 15) is 0 Å². The van der Waals surface area contributed by atoms with Crippen molar-refractivity contribution in [1.82, 2.24) is 14.9 Å². The lowest BCUT2D eigenvalue weighted by Gasteiger charge is -2.33. The minimum Gasteiger partial charge on any atom is -0.354 e. The molecule has 1 aromatic carbocycles. The van der Waals surface area contributed by atoms with Crippen LogP contribution >= 0.6 is 0 Å². The third-order valence-electron chi connectivity index (χ3n) is 4.15. The van der Waals surface area contributed by atoms with Crippen LogP contribution in [-0.4, -0.2) is 48.1 Å². The van der Waals surface area contributed by atoms with Gasteiger partial charge >= 0.3 is 0 Å². The Morgan fingerprint density at radius 3 is 2.17 bits per heavy atom. The molecule has 1 aliphatic rings. The fourth-order valence-corrected chi connectivity index (χ4v) is 3.01. The summed E-state index contributed by atoms with van der Waals surface area (Å²) in [5.74, 6) is 2.67. The van der Waals surface area contributed by atoms with Crippen molar-refractivity contribution in [3.05, 3.63) is 41.2 Å². The van der Waals surface area contributed by atoms with Gasteiger partial charge in [-0.25, -0.2) is 9.97 Å². The van der Waals surface area contributed by atoms with Gasteiger partial charge in [-0.1, -0.05) is 6.07 Å². The molecule has 0 unspecified atom stereocenters. The second-order valence-corrected chi connectivity index (χ2v) is 6.45. The van der Waals surface area contributed by atoms with E-state index in [1.165, 1.54) is 11.1 Å². The smallest absolute Gasteiger partial charge is 0.136 e. The molecule has 0 radical (unpaired) electrons. The van der Waals surface area contributed by atoms with Crippen LogP contribution in [0.15, 0.2) is 24.3 Å². The van der Waals surface area contributed by atoms with Crippen molar-refractivity contribution in [3.8, 4) is 0 Å². The molecule has 0 saturated carbocycles. The van der Waals surface area contributed by atoms with E-state index in [-0.39, 0.29) is 0 Å². The number of hydrogen-bond acceptors (Lipinski definition) is 5. The first kappa shape index (κ1) is 15.7. The third kappa shape index (κ3) is 3.99. The number of rotatable bonds is 3. The number of hydrogen-bond donors (Lipinski definition) is 1.